The van der Waals surface area contributed by atoms with Gasteiger partial charge in [-0.25, -0.2) is 9.18 Å². The molecule has 0 saturated carbocycles. The number of carbonyl (C=O) groups excluding carboxylic acids is 3. The van der Waals surface area contributed by atoms with Gasteiger partial charge in [-0.2, -0.15) is 0 Å². The van der Waals surface area contributed by atoms with Crippen molar-refractivity contribution in [3.63, 3.8) is 0 Å². The number of thiophene rings is 1. The van der Waals surface area contributed by atoms with Gasteiger partial charge in [0.15, 0.2) is 6.61 Å². The van der Waals surface area contributed by atoms with Gasteiger partial charge in [0.05, 0.1) is 6.54 Å². The summed E-state index contributed by atoms with van der Waals surface area (Å²) in [6, 6.07) is 9.22. The largest absolute Gasteiger partial charge is 0.451 e. The number of hydrogen-bond donors (Lipinski definition) is 1. The molecule has 8 heteroatoms. The van der Waals surface area contributed by atoms with Crippen LogP contribution in [0, 0.1) is 5.82 Å². The van der Waals surface area contributed by atoms with Gasteiger partial charge in [0.25, 0.3) is 5.91 Å². The molecule has 1 N–H and O–H groups in total. The fourth-order valence-corrected chi connectivity index (χ4v) is 2.71. The van der Waals surface area contributed by atoms with Crippen molar-refractivity contribution in [1.29, 1.82) is 0 Å². The molecule has 0 bridgehead atoms. The summed E-state index contributed by atoms with van der Waals surface area (Å²) in [5, 5.41) is 2.37. The van der Waals surface area contributed by atoms with Crippen molar-refractivity contribution in [3.8, 4) is 10.4 Å². The van der Waals surface area contributed by atoms with Crippen LogP contribution in [0.3, 0.4) is 0 Å². The zero-order valence-corrected chi connectivity index (χ0v) is 14.6. The van der Waals surface area contributed by atoms with Crippen molar-refractivity contribution in [3.05, 3.63) is 47.1 Å². The van der Waals surface area contributed by atoms with Crippen molar-refractivity contribution in [1.82, 2.24) is 10.2 Å². The van der Waals surface area contributed by atoms with Crippen LogP contribution in [-0.4, -0.2) is 49.9 Å². The summed E-state index contributed by atoms with van der Waals surface area (Å²) < 4.78 is 17.9. The van der Waals surface area contributed by atoms with E-state index in [9.17, 15) is 18.8 Å². The Kier molecular flexibility index (Phi) is 6.24. The molecule has 0 aliphatic rings. The average molecular weight is 364 g/mol. The number of likely N-dealkylation sites (N-methyl/N-ethyl adjacent to an activating group) is 1. The molecular weight excluding hydrogens is 347 g/mol. The molecule has 25 heavy (non-hydrogen) atoms. The second kappa shape index (κ2) is 8.39. The minimum absolute atomic E-state index is 0.156. The molecule has 0 spiro atoms. The molecule has 2 aromatic rings. The van der Waals surface area contributed by atoms with Gasteiger partial charge >= 0.3 is 5.97 Å². The van der Waals surface area contributed by atoms with Gasteiger partial charge in [-0.1, -0.05) is 12.1 Å². The fourth-order valence-electron chi connectivity index (χ4n) is 1.80. The summed E-state index contributed by atoms with van der Waals surface area (Å²) in [6.07, 6.45) is 0. The Bertz CT molecular complexity index is 771. The number of carbonyl (C=O) groups is 3. The first-order valence-corrected chi connectivity index (χ1v) is 8.18. The Hall–Kier alpha value is -2.74. The van der Waals surface area contributed by atoms with Crippen LogP contribution >= 0.6 is 11.3 Å². The Labute approximate surface area is 148 Å². The molecule has 0 fully saturated rings. The van der Waals surface area contributed by atoms with Crippen molar-refractivity contribution >= 4 is 29.1 Å². The number of hydrogen-bond acceptors (Lipinski definition) is 5. The molecule has 132 valence electrons. The van der Waals surface area contributed by atoms with E-state index in [2.05, 4.69) is 5.32 Å². The molecule has 6 nitrogen and oxygen atoms in total. The summed E-state index contributed by atoms with van der Waals surface area (Å²) in [6.45, 7) is -0.625. The fraction of sp³-hybridized carbons (Fsp3) is 0.235. The van der Waals surface area contributed by atoms with Crippen LogP contribution in [0.1, 0.15) is 9.67 Å². The van der Waals surface area contributed by atoms with Crippen molar-refractivity contribution in [2.24, 2.45) is 0 Å². The van der Waals surface area contributed by atoms with E-state index < -0.39 is 18.5 Å². The van der Waals surface area contributed by atoms with Gasteiger partial charge in [-0.3, -0.25) is 9.59 Å². The Morgan fingerprint density at radius 1 is 1.12 bits per heavy atom. The van der Waals surface area contributed by atoms with E-state index in [4.69, 9.17) is 4.74 Å². The number of amides is 2. The van der Waals surface area contributed by atoms with Crippen molar-refractivity contribution < 1.29 is 23.5 Å². The van der Waals surface area contributed by atoms with Crippen LogP contribution in [0.5, 0.6) is 0 Å². The van der Waals surface area contributed by atoms with E-state index in [0.717, 1.165) is 10.4 Å². The monoisotopic (exact) mass is 364 g/mol. The molecule has 2 amide bonds. The van der Waals surface area contributed by atoms with Crippen molar-refractivity contribution in [2.45, 2.75) is 0 Å². The normalized spacial score (nSPS) is 10.2. The lowest BCUT2D eigenvalue weighted by Crippen LogP contribution is -2.38. The van der Waals surface area contributed by atoms with E-state index in [1.54, 1.807) is 38.4 Å². The number of nitrogens with zero attached hydrogens (tertiary/aromatic N) is 1. The average Bonchev–Trinajstić information content (AvgIpc) is 3.08. The zero-order chi connectivity index (χ0) is 18.4. The number of rotatable bonds is 6. The highest BCUT2D eigenvalue weighted by molar-refractivity contribution is 7.17. The SMILES string of the molecule is CN(C)C(=O)CNC(=O)COC(=O)c1ccc(-c2ccc(F)cc2)s1. The molecule has 1 heterocycles. The van der Waals surface area contributed by atoms with Crippen LogP contribution in [0.2, 0.25) is 0 Å². The van der Waals surface area contributed by atoms with Gasteiger partial charge < -0.3 is 15.0 Å². The maximum absolute atomic E-state index is 12.9. The topological polar surface area (TPSA) is 75.7 Å². The van der Waals surface area contributed by atoms with Crippen LogP contribution in [0.4, 0.5) is 4.39 Å². The first-order valence-electron chi connectivity index (χ1n) is 7.36. The number of halogens is 1. The molecule has 0 radical (unpaired) electrons. The van der Waals surface area contributed by atoms with Crippen LogP contribution in [-0.2, 0) is 14.3 Å². The van der Waals surface area contributed by atoms with Crippen molar-refractivity contribution in [2.75, 3.05) is 27.2 Å². The van der Waals surface area contributed by atoms with Gasteiger partial charge in [-0.15, -0.1) is 11.3 Å². The Balaban J connectivity index is 1.86. The summed E-state index contributed by atoms with van der Waals surface area (Å²) in [5.41, 5.74) is 0.783. The third-order valence-corrected chi connectivity index (χ3v) is 4.32. The predicted molar refractivity (Wildman–Crippen MR) is 91.7 cm³/mol. The van der Waals surface area contributed by atoms with E-state index in [1.165, 1.54) is 28.4 Å². The summed E-state index contributed by atoms with van der Waals surface area (Å²) in [5.74, 6) is -1.79. The highest BCUT2D eigenvalue weighted by Gasteiger charge is 2.14. The Morgan fingerprint density at radius 3 is 2.44 bits per heavy atom. The standard InChI is InChI=1S/C17H17FN2O4S/c1-20(2)16(22)9-19-15(21)10-24-17(23)14-8-7-13(25-14)11-3-5-12(18)6-4-11/h3-8H,9-10H2,1-2H3,(H,19,21). The smallest absolute Gasteiger partial charge is 0.348 e. The first-order chi connectivity index (χ1) is 11.9. The van der Waals surface area contributed by atoms with E-state index in [0.29, 0.717) is 4.88 Å². The molecule has 0 aliphatic heterocycles. The molecule has 0 saturated heterocycles. The van der Waals surface area contributed by atoms with Gasteiger partial charge in [0.2, 0.25) is 5.91 Å². The molecule has 0 aliphatic carbocycles. The van der Waals surface area contributed by atoms with Crippen LogP contribution in [0.25, 0.3) is 10.4 Å². The quantitative estimate of drug-likeness (QED) is 0.795. The third-order valence-electron chi connectivity index (χ3n) is 3.21. The number of nitrogens with one attached hydrogen (secondary N) is 1. The first kappa shape index (κ1) is 18.6. The van der Waals surface area contributed by atoms with Gasteiger partial charge in [-0.05, 0) is 29.8 Å². The van der Waals surface area contributed by atoms with E-state index in [1.807, 2.05) is 0 Å². The summed E-state index contributed by atoms with van der Waals surface area (Å²) >= 11 is 1.18. The molecule has 1 aromatic carbocycles. The minimum Gasteiger partial charge on any atom is -0.451 e. The van der Waals surface area contributed by atoms with E-state index in [-0.39, 0.29) is 18.3 Å². The second-order valence-corrected chi connectivity index (χ2v) is 6.40. The Morgan fingerprint density at radius 2 is 1.80 bits per heavy atom. The molecular formula is C17H17FN2O4S. The molecule has 2 rings (SSSR count). The van der Waals surface area contributed by atoms with Gasteiger partial charge in [0, 0.05) is 19.0 Å². The second-order valence-electron chi connectivity index (χ2n) is 5.31. The zero-order valence-electron chi connectivity index (χ0n) is 13.7. The lowest BCUT2D eigenvalue weighted by molar-refractivity contribution is -0.131. The van der Waals surface area contributed by atoms with E-state index >= 15 is 0 Å². The highest BCUT2D eigenvalue weighted by Crippen LogP contribution is 2.28. The molecule has 1 aromatic heterocycles. The number of esters is 1. The lowest BCUT2D eigenvalue weighted by Gasteiger charge is -2.10. The number of benzene rings is 1. The van der Waals surface area contributed by atoms with Crippen LogP contribution < -0.4 is 5.32 Å². The van der Waals surface area contributed by atoms with Gasteiger partial charge in [0.1, 0.15) is 10.7 Å². The minimum atomic E-state index is -0.632. The molecule has 0 unspecified atom stereocenters. The lowest BCUT2D eigenvalue weighted by atomic mass is 10.2. The summed E-state index contributed by atoms with van der Waals surface area (Å²) in [7, 11) is 3.15. The van der Waals surface area contributed by atoms with Crippen LogP contribution in [0.15, 0.2) is 36.4 Å². The predicted octanol–water partition coefficient (Wildman–Crippen LogP) is 1.92. The molecule has 0 atom stereocenters. The highest BCUT2D eigenvalue weighted by atomic mass is 32.1. The maximum atomic E-state index is 12.9. The third kappa shape index (κ3) is 5.39. The maximum Gasteiger partial charge on any atom is 0.348 e. The summed E-state index contributed by atoms with van der Waals surface area (Å²) in [4.78, 5) is 37.3. The number of ether oxygens (including phenoxy) is 1.